The van der Waals surface area contributed by atoms with Gasteiger partial charge in [0.25, 0.3) is 5.69 Å². The van der Waals surface area contributed by atoms with Crippen LogP contribution < -0.4 is 5.32 Å². The molecule has 0 saturated carbocycles. The van der Waals surface area contributed by atoms with Crippen LogP contribution in [0.5, 0.6) is 0 Å². The van der Waals surface area contributed by atoms with Crippen LogP contribution >= 0.6 is 22.6 Å². The Labute approximate surface area is 119 Å². The number of halogens is 1. The standard InChI is InChI=1S/C11H15IN2O4/c1-18-7-9(4-5-15)13-10-3-2-8(12)6-11(10)14(16)17/h2-3,6,9,13,15H,4-5,7H2,1H3. The van der Waals surface area contributed by atoms with Gasteiger partial charge in [-0.05, 0) is 41.1 Å². The average molecular weight is 366 g/mol. The minimum Gasteiger partial charge on any atom is -0.396 e. The predicted octanol–water partition coefficient (Wildman–Crippen LogP) is 2.01. The highest BCUT2D eigenvalue weighted by molar-refractivity contribution is 14.1. The van der Waals surface area contributed by atoms with Crippen LogP contribution in [0, 0.1) is 13.7 Å². The molecule has 1 rings (SSSR count). The maximum atomic E-state index is 11.0. The molecule has 0 fully saturated rings. The normalized spacial score (nSPS) is 12.2. The minimum absolute atomic E-state index is 0.000801. The molecule has 1 aromatic rings. The Morgan fingerprint density at radius 1 is 1.61 bits per heavy atom. The van der Waals surface area contributed by atoms with Crippen molar-refractivity contribution in [3.05, 3.63) is 31.9 Å². The molecule has 0 saturated heterocycles. The Balaban J connectivity index is 2.90. The highest BCUT2D eigenvalue weighted by atomic mass is 127. The average Bonchev–Trinajstić information content (AvgIpc) is 2.32. The first-order valence-electron chi connectivity index (χ1n) is 5.38. The lowest BCUT2D eigenvalue weighted by Crippen LogP contribution is -2.26. The monoisotopic (exact) mass is 366 g/mol. The maximum Gasteiger partial charge on any atom is 0.293 e. The lowest BCUT2D eigenvalue weighted by atomic mass is 10.2. The van der Waals surface area contributed by atoms with E-state index in [-0.39, 0.29) is 18.3 Å². The van der Waals surface area contributed by atoms with Crippen LogP contribution in [0.15, 0.2) is 18.2 Å². The second kappa shape index (κ2) is 7.49. The Kier molecular flexibility index (Phi) is 6.30. The van der Waals surface area contributed by atoms with Crippen molar-refractivity contribution in [2.45, 2.75) is 12.5 Å². The number of ether oxygens (including phenoxy) is 1. The van der Waals surface area contributed by atoms with Crippen LogP contribution in [0.2, 0.25) is 0 Å². The van der Waals surface area contributed by atoms with Crippen LogP contribution in [-0.4, -0.2) is 36.4 Å². The maximum absolute atomic E-state index is 11.0. The largest absolute Gasteiger partial charge is 0.396 e. The summed E-state index contributed by atoms with van der Waals surface area (Å²) in [5.74, 6) is 0. The zero-order chi connectivity index (χ0) is 13.5. The predicted molar refractivity (Wildman–Crippen MR) is 76.8 cm³/mol. The van der Waals surface area contributed by atoms with E-state index >= 15 is 0 Å². The molecule has 0 spiro atoms. The molecule has 1 atom stereocenters. The molecule has 0 radical (unpaired) electrons. The summed E-state index contributed by atoms with van der Waals surface area (Å²) in [5.41, 5.74) is 0.469. The van der Waals surface area contributed by atoms with Crippen molar-refractivity contribution in [1.82, 2.24) is 0 Å². The van der Waals surface area contributed by atoms with E-state index in [9.17, 15) is 10.1 Å². The number of anilines is 1. The summed E-state index contributed by atoms with van der Waals surface area (Å²) in [6.45, 7) is 0.378. The van der Waals surface area contributed by atoms with Gasteiger partial charge in [-0.3, -0.25) is 10.1 Å². The van der Waals surface area contributed by atoms with E-state index in [2.05, 4.69) is 5.32 Å². The number of nitro benzene ring substituents is 1. The van der Waals surface area contributed by atoms with Gasteiger partial charge in [-0.2, -0.15) is 0 Å². The smallest absolute Gasteiger partial charge is 0.293 e. The lowest BCUT2D eigenvalue weighted by molar-refractivity contribution is -0.384. The summed E-state index contributed by atoms with van der Waals surface area (Å²) in [7, 11) is 1.55. The van der Waals surface area contributed by atoms with Crippen molar-refractivity contribution in [1.29, 1.82) is 0 Å². The second-order valence-corrected chi connectivity index (χ2v) is 4.97. The molecule has 1 aromatic carbocycles. The molecule has 0 aromatic heterocycles. The highest BCUT2D eigenvalue weighted by Crippen LogP contribution is 2.27. The zero-order valence-electron chi connectivity index (χ0n) is 9.93. The topological polar surface area (TPSA) is 84.6 Å². The Morgan fingerprint density at radius 3 is 2.89 bits per heavy atom. The molecule has 0 aliphatic carbocycles. The summed E-state index contributed by atoms with van der Waals surface area (Å²) >= 11 is 2.03. The Morgan fingerprint density at radius 2 is 2.33 bits per heavy atom. The fourth-order valence-electron chi connectivity index (χ4n) is 1.55. The fourth-order valence-corrected chi connectivity index (χ4v) is 2.03. The van der Waals surface area contributed by atoms with Crippen molar-refractivity contribution in [3.8, 4) is 0 Å². The van der Waals surface area contributed by atoms with Crippen molar-refractivity contribution in [3.63, 3.8) is 0 Å². The fraction of sp³-hybridized carbons (Fsp3) is 0.455. The van der Waals surface area contributed by atoms with Crippen LogP contribution in [0.4, 0.5) is 11.4 Å². The van der Waals surface area contributed by atoms with Gasteiger partial charge in [0, 0.05) is 23.4 Å². The molecular formula is C11H15IN2O4. The molecule has 100 valence electrons. The first-order valence-corrected chi connectivity index (χ1v) is 6.46. The molecular weight excluding hydrogens is 351 g/mol. The van der Waals surface area contributed by atoms with Crippen LogP contribution in [-0.2, 0) is 4.74 Å². The number of methoxy groups -OCH3 is 1. The number of nitro groups is 1. The number of benzene rings is 1. The molecule has 1 unspecified atom stereocenters. The number of nitrogens with zero attached hydrogens (tertiary/aromatic N) is 1. The van der Waals surface area contributed by atoms with Gasteiger partial charge < -0.3 is 15.2 Å². The van der Waals surface area contributed by atoms with Gasteiger partial charge in [-0.15, -0.1) is 0 Å². The van der Waals surface area contributed by atoms with Crippen LogP contribution in [0.3, 0.4) is 0 Å². The summed E-state index contributed by atoms with van der Waals surface area (Å²) in [6, 6.07) is 4.81. The van der Waals surface area contributed by atoms with Crippen molar-refractivity contribution < 1.29 is 14.8 Å². The molecule has 2 N–H and O–H groups in total. The minimum atomic E-state index is -0.423. The highest BCUT2D eigenvalue weighted by Gasteiger charge is 2.17. The molecule has 0 bridgehead atoms. The van der Waals surface area contributed by atoms with Crippen LogP contribution in [0.1, 0.15) is 6.42 Å². The van der Waals surface area contributed by atoms with Gasteiger partial charge >= 0.3 is 0 Å². The molecule has 18 heavy (non-hydrogen) atoms. The number of aliphatic hydroxyl groups is 1. The number of hydrogen-bond donors (Lipinski definition) is 2. The quantitative estimate of drug-likeness (QED) is 0.438. The third kappa shape index (κ3) is 4.39. The summed E-state index contributed by atoms with van der Waals surface area (Å²) in [6.07, 6.45) is 0.469. The first-order chi connectivity index (χ1) is 8.58. The Hall–Kier alpha value is -0.930. The SMILES string of the molecule is COCC(CCO)Nc1ccc(I)cc1[N+](=O)[O-]. The molecule has 0 amide bonds. The van der Waals surface area contributed by atoms with E-state index in [1.807, 2.05) is 22.6 Å². The second-order valence-electron chi connectivity index (χ2n) is 3.73. The Bertz CT molecular complexity index is 408. The molecule has 0 heterocycles. The van der Waals surface area contributed by atoms with E-state index < -0.39 is 4.92 Å². The van der Waals surface area contributed by atoms with Crippen molar-refractivity contribution in [2.75, 3.05) is 25.6 Å². The van der Waals surface area contributed by atoms with Crippen LogP contribution in [0.25, 0.3) is 0 Å². The van der Waals surface area contributed by atoms with E-state index in [0.29, 0.717) is 18.7 Å². The first kappa shape index (κ1) is 15.1. The van der Waals surface area contributed by atoms with Crippen molar-refractivity contribution >= 4 is 34.0 Å². The van der Waals surface area contributed by atoms with E-state index in [1.165, 1.54) is 6.07 Å². The van der Waals surface area contributed by atoms with E-state index in [4.69, 9.17) is 9.84 Å². The van der Waals surface area contributed by atoms with Gasteiger partial charge in [0.15, 0.2) is 0 Å². The zero-order valence-corrected chi connectivity index (χ0v) is 12.1. The van der Waals surface area contributed by atoms with Gasteiger partial charge in [-0.1, -0.05) is 0 Å². The van der Waals surface area contributed by atoms with E-state index in [1.54, 1.807) is 19.2 Å². The summed E-state index contributed by atoms with van der Waals surface area (Å²) in [4.78, 5) is 10.5. The van der Waals surface area contributed by atoms with Gasteiger partial charge in [0.1, 0.15) is 5.69 Å². The molecule has 0 aliphatic heterocycles. The summed E-state index contributed by atoms with van der Waals surface area (Å²) in [5, 5.41) is 22.9. The number of nitrogens with one attached hydrogen (secondary N) is 1. The van der Waals surface area contributed by atoms with Gasteiger partial charge in [-0.25, -0.2) is 0 Å². The third-order valence-electron chi connectivity index (χ3n) is 2.36. The number of hydrogen-bond acceptors (Lipinski definition) is 5. The molecule has 0 aliphatic rings. The number of rotatable bonds is 7. The molecule has 6 nitrogen and oxygen atoms in total. The van der Waals surface area contributed by atoms with Crippen molar-refractivity contribution in [2.24, 2.45) is 0 Å². The van der Waals surface area contributed by atoms with Gasteiger partial charge in [0.2, 0.25) is 0 Å². The van der Waals surface area contributed by atoms with Gasteiger partial charge in [0.05, 0.1) is 17.6 Å². The number of aliphatic hydroxyl groups excluding tert-OH is 1. The third-order valence-corrected chi connectivity index (χ3v) is 3.03. The summed E-state index contributed by atoms with van der Waals surface area (Å²) < 4.78 is 5.81. The lowest BCUT2D eigenvalue weighted by Gasteiger charge is -2.18. The molecule has 7 heteroatoms. The van der Waals surface area contributed by atoms with E-state index in [0.717, 1.165) is 3.57 Å².